The molecule has 1 saturated heterocycles. The lowest BCUT2D eigenvalue weighted by atomic mass is 10.2. The molecule has 1 fully saturated rings. The van der Waals surface area contributed by atoms with Gasteiger partial charge in [0.1, 0.15) is 15.5 Å². The van der Waals surface area contributed by atoms with E-state index in [0.29, 0.717) is 28.3 Å². The number of aromatic amines is 1. The number of aromatic nitrogens is 2. The smallest absolute Gasteiger partial charge is 0.264 e. The first kappa shape index (κ1) is 14.9. The molecule has 1 atom stereocenters. The van der Waals surface area contributed by atoms with Crippen molar-refractivity contribution in [1.29, 1.82) is 0 Å². The predicted octanol–water partition coefficient (Wildman–Crippen LogP) is 0.914. The first-order valence-corrected chi connectivity index (χ1v) is 7.35. The molecule has 1 aromatic heterocycles. The molecule has 0 bridgehead atoms. The van der Waals surface area contributed by atoms with Crippen LogP contribution in [-0.2, 0) is 16.1 Å². The molecule has 0 saturated carbocycles. The van der Waals surface area contributed by atoms with E-state index in [2.05, 4.69) is 21.8 Å². The van der Waals surface area contributed by atoms with Crippen LogP contribution in [0.5, 0.6) is 0 Å². The van der Waals surface area contributed by atoms with E-state index < -0.39 is 0 Å². The van der Waals surface area contributed by atoms with Crippen LogP contribution in [0.2, 0.25) is 0 Å². The largest absolute Gasteiger partial charge is 0.378 e. The van der Waals surface area contributed by atoms with Crippen molar-refractivity contribution in [2.75, 3.05) is 33.4 Å². The van der Waals surface area contributed by atoms with Gasteiger partial charge in [0.2, 0.25) is 0 Å². The maximum absolute atomic E-state index is 11.9. The molecule has 2 heterocycles. The summed E-state index contributed by atoms with van der Waals surface area (Å²) in [5, 5.41) is 0. The Morgan fingerprint density at radius 3 is 3.11 bits per heavy atom. The Bertz CT molecular complexity index is 492. The van der Waals surface area contributed by atoms with Crippen LogP contribution in [-0.4, -0.2) is 48.2 Å². The van der Waals surface area contributed by atoms with Crippen molar-refractivity contribution in [1.82, 2.24) is 14.9 Å². The third-order valence-corrected chi connectivity index (χ3v) is 4.25. The van der Waals surface area contributed by atoms with Crippen LogP contribution in [0.3, 0.4) is 0 Å². The Kier molecular flexibility index (Phi) is 5.31. The molecule has 0 aromatic carbocycles. The molecule has 1 unspecified atom stereocenters. The maximum Gasteiger partial charge on any atom is 0.264 e. The lowest BCUT2D eigenvalue weighted by Crippen LogP contribution is -2.39. The van der Waals surface area contributed by atoms with Gasteiger partial charge in [-0.25, -0.2) is 4.98 Å². The molecule has 1 aliphatic rings. The topological polar surface area (TPSA) is 67.5 Å². The average Bonchev–Trinajstić information content (AvgIpc) is 2.44. The summed E-state index contributed by atoms with van der Waals surface area (Å²) in [6.07, 6.45) is -0.172. The third kappa shape index (κ3) is 3.53. The Balaban J connectivity index is 2.26. The number of hydrogen-bond acceptors (Lipinski definition) is 5. The SMILES string of the molecule is CCN1CCOC(c2nc(COC)c(I)c(=O)[nH]2)C1. The number of morpholine rings is 1. The van der Waals surface area contributed by atoms with Crippen LogP contribution in [0.15, 0.2) is 4.79 Å². The molecular formula is C12H18IN3O3. The van der Waals surface area contributed by atoms with Gasteiger partial charge in [-0.3, -0.25) is 9.69 Å². The Labute approximate surface area is 125 Å². The Morgan fingerprint density at radius 1 is 1.63 bits per heavy atom. The molecule has 1 N–H and O–H groups in total. The number of nitrogens with one attached hydrogen (secondary N) is 1. The van der Waals surface area contributed by atoms with Crippen molar-refractivity contribution in [3.8, 4) is 0 Å². The predicted molar refractivity (Wildman–Crippen MR) is 79.1 cm³/mol. The summed E-state index contributed by atoms with van der Waals surface area (Å²) >= 11 is 1.99. The molecule has 2 rings (SSSR count). The zero-order valence-electron chi connectivity index (χ0n) is 11.1. The second kappa shape index (κ2) is 6.78. The summed E-state index contributed by atoms with van der Waals surface area (Å²) in [6, 6.07) is 0. The molecule has 0 radical (unpaired) electrons. The summed E-state index contributed by atoms with van der Waals surface area (Å²) in [5.41, 5.74) is 0.536. The zero-order valence-corrected chi connectivity index (χ0v) is 13.3. The number of ether oxygens (including phenoxy) is 2. The van der Waals surface area contributed by atoms with Gasteiger partial charge >= 0.3 is 0 Å². The fourth-order valence-corrected chi connectivity index (χ4v) is 2.48. The van der Waals surface area contributed by atoms with Crippen molar-refractivity contribution in [3.63, 3.8) is 0 Å². The minimum Gasteiger partial charge on any atom is -0.378 e. The molecule has 0 aliphatic carbocycles. The van der Waals surface area contributed by atoms with Crippen LogP contribution in [0.1, 0.15) is 24.5 Å². The van der Waals surface area contributed by atoms with Crippen LogP contribution in [0, 0.1) is 3.57 Å². The van der Waals surface area contributed by atoms with E-state index in [1.807, 2.05) is 22.6 Å². The monoisotopic (exact) mass is 379 g/mol. The fourth-order valence-electron chi connectivity index (χ4n) is 2.06. The van der Waals surface area contributed by atoms with Gasteiger partial charge in [0.25, 0.3) is 5.56 Å². The highest BCUT2D eigenvalue weighted by atomic mass is 127. The average molecular weight is 379 g/mol. The van der Waals surface area contributed by atoms with Gasteiger partial charge in [0.15, 0.2) is 0 Å². The summed E-state index contributed by atoms with van der Waals surface area (Å²) in [4.78, 5) is 21.5. The highest BCUT2D eigenvalue weighted by Crippen LogP contribution is 2.19. The van der Waals surface area contributed by atoms with Crippen molar-refractivity contribution in [3.05, 3.63) is 25.4 Å². The lowest BCUT2D eigenvalue weighted by Gasteiger charge is -2.31. The first-order chi connectivity index (χ1) is 9.15. The molecule has 1 aromatic rings. The van der Waals surface area contributed by atoms with Gasteiger partial charge in [0, 0.05) is 20.2 Å². The lowest BCUT2D eigenvalue weighted by molar-refractivity contribution is -0.0329. The van der Waals surface area contributed by atoms with Crippen molar-refractivity contribution < 1.29 is 9.47 Å². The number of methoxy groups -OCH3 is 1. The molecule has 0 amide bonds. The molecule has 1 aliphatic heterocycles. The van der Waals surface area contributed by atoms with E-state index in [-0.39, 0.29) is 11.7 Å². The fraction of sp³-hybridized carbons (Fsp3) is 0.667. The van der Waals surface area contributed by atoms with E-state index in [0.717, 1.165) is 19.6 Å². The van der Waals surface area contributed by atoms with Gasteiger partial charge < -0.3 is 14.5 Å². The van der Waals surface area contributed by atoms with E-state index in [9.17, 15) is 4.79 Å². The van der Waals surface area contributed by atoms with Gasteiger partial charge in [0.05, 0.1) is 18.9 Å². The summed E-state index contributed by atoms with van der Waals surface area (Å²) in [5.74, 6) is 0.593. The number of hydrogen-bond donors (Lipinski definition) is 1. The number of likely N-dealkylation sites (N-methyl/N-ethyl adjacent to an activating group) is 1. The normalized spacial score (nSPS) is 20.7. The van der Waals surface area contributed by atoms with E-state index >= 15 is 0 Å². The molecule has 0 spiro atoms. The highest BCUT2D eigenvalue weighted by Gasteiger charge is 2.24. The molecule has 7 heteroatoms. The van der Waals surface area contributed by atoms with Crippen molar-refractivity contribution in [2.24, 2.45) is 0 Å². The number of halogens is 1. The van der Waals surface area contributed by atoms with Crippen molar-refractivity contribution >= 4 is 22.6 Å². The second-order valence-corrected chi connectivity index (χ2v) is 5.48. The van der Waals surface area contributed by atoms with E-state index in [4.69, 9.17) is 9.47 Å². The minimum atomic E-state index is -0.172. The summed E-state index contributed by atoms with van der Waals surface area (Å²) in [6.45, 7) is 5.76. The summed E-state index contributed by atoms with van der Waals surface area (Å²) in [7, 11) is 1.59. The van der Waals surface area contributed by atoms with Crippen LogP contribution >= 0.6 is 22.6 Å². The number of nitrogens with zero attached hydrogens (tertiary/aromatic N) is 2. The zero-order chi connectivity index (χ0) is 13.8. The van der Waals surface area contributed by atoms with Gasteiger partial charge in [-0.2, -0.15) is 0 Å². The van der Waals surface area contributed by atoms with Crippen molar-refractivity contribution in [2.45, 2.75) is 19.6 Å². The van der Waals surface area contributed by atoms with Gasteiger partial charge in [-0.1, -0.05) is 6.92 Å². The van der Waals surface area contributed by atoms with Gasteiger partial charge in [-0.15, -0.1) is 0 Å². The highest BCUT2D eigenvalue weighted by molar-refractivity contribution is 14.1. The first-order valence-electron chi connectivity index (χ1n) is 6.27. The number of rotatable bonds is 4. The molecule has 6 nitrogen and oxygen atoms in total. The van der Waals surface area contributed by atoms with Gasteiger partial charge in [-0.05, 0) is 29.1 Å². The number of H-pyrrole nitrogens is 1. The molecule has 106 valence electrons. The standard InChI is InChI=1S/C12H18IN3O3/c1-3-16-4-5-19-9(6-16)11-14-8(7-18-2)10(13)12(17)15-11/h9H,3-7H2,1-2H3,(H,14,15,17). The quantitative estimate of drug-likeness (QED) is 0.788. The Hall–Kier alpha value is -0.510. The minimum absolute atomic E-state index is 0.130. The third-order valence-electron chi connectivity index (χ3n) is 3.13. The summed E-state index contributed by atoms with van der Waals surface area (Å²) < 4.78 is 11.4. The van der Waals surface area contributed by atoms with Crippen LogP contribution < -0.4 is 5.56 Å². The van der Waals surface area contributed by atoms with Crippen LogP contribution in [0.25, 0.3) is 0 Å². The molecular weight excluding hydrogens is 361 g/mol. The Morgan fingerprint density at radius 2 is 2.42 bits per heavy atom. The second-order valence-electron chi connectivity index (χ2n) is 4.40. The van der Waals surface area contributed by atoms with E-state index in [1.165, 1.54) is 0 Å². The van der Waals surface area contributed by atoms with E-state index in [1.54, 1.807) is 7.11 Å². The maximum atomic E-state index is 11.9. The molecule has 19 heavy (non-hydrogen) atoms. The van der Waals surface area contributed by atoms with Crippen LogP contribution in [0.4, 0.5) is 0 Å².